The number of carbonyl (C=O) groups is 1. The number of benzene rings is 1. The van der Waals surface area contributed by atoms with Crippen molar-refractivity contribution in [1.82, 2.24) is 9.78 Å². The fraction of sp³-hybridized carbons (Fsp3) is 0.294. The van der Waals surface area contributed by atoms with Crippen molar-refractivity contribution in [3.8, 4) is 0 Å². The van der Waals surface area contributed by atoms with Gasteiger partial charge in [-0.25, -0.2) is 4.79 Å². The summed E-state index contributed by atoms with van der Waals surface area (Å²) in [5, 5.41) is 5.68. The highest BCUT2D eigenvalue weighted by molar-refractivity contribution is 7.21. The van der Waals surface area contributed by atoms with Gasteiger partial charge in [-0.15, -0.1) is 11.3 Å². The van der Waals surface area contributed by atoms with E-state index in [1.807, 2.05) is 41.2 Å². The molecule has 6 heteroatoms. The minimum Gasteiger partial charge on any atom is -0.456 e. The van der Waals surface area contributed by atoms with E-state index < -0.39 is 0 Å². The Labute approximate surface area is 142 Å². The van der Waals surface area contributed by atoms with Gasteiger partial charge in [0.1, 0.15) is 11.0 Å². The zero-order chi connectivity index (χ0) is 15.8. The first-order chi connectivity index (χ1) is 11.2. The molecule has 1 aliphatic carbocycles. The number of thiophene rings is 1. The molecular formula is C17H15ClN2O2S. The first-order valence-electron chi connectivity index (χ1n) is 7.61. The predicted molar refractivity (Wildman–Crippen MR) is 91.2 cm³/mol. The first kappa shape index (κ1) is 14.7. The number of halogens is 1. The van der Waals surface area contributed by atoms with E-state index in [0.717, 1.165) is 29.3 Å². The standard InChI is InChI=1S/C17H15ClN2O2S/c18-15-11-5-1-2-8-14(11)23-16(15)17(21)22-13-7-3-6-12(13)20-10-4-9-19-20/h1-2,4-5,8-10,12-13H,3,6-7H2/t12-,13-/m1/s1. The lowest BCUT2D eigenvalue weighted by Crippen LogP contribution is -2.25. The van der Waals surface area contributed by atoms with Crippen LogP contribution in [-0.2, 0) is 4.74 Å². The van der Waals surface area contributed by atoms with Crippen molar-refractivity contribution in [3.05, 3.63) is 52.6 Å². The van der Waals surface area contributed by atoms with E-state index in [0.29, 0.717) is 9.90 Å². The molecule has 0 saturated heterocycles. The summed E-state index contributed by atoms with van der Waals surface area (Å²) in [6, 6.07) is 9.75. The average molecular weight is 347 g/mol. The summed E-state index contributed by atoms with van der Waals surface area (Å²) in [6.45, 7) is 0. The van der Waals surface area contributed by atoms with Gasteiger partial charge in [0, 0.05) is 22.5 Å². The Morgan fingerprint density at radius 3 is 2.96 bits per heavy atom. The molecule has 0 amide bonds. The molecule has 0 N–H and O–H groups in total. The van der Waals surface area contributed by atoms with Gasteiger partial charge in [0.05, 0.1) is 11.1 Å². The van der Waals surface area contributed by atoms with Crippen LogP contribution in [0.3, 0.4) is 0 Å². The second-order valence-electron chi connectivity index (χ2n) is 5.67. The lowest BCUT2D eigenvalue weighted by molar-refractivity contribution is 0.0215. The number of esters is 1. The molecule has 0 radical (unpaired) electrons. The first-order valence-corrected chi connectivity index (χ1v) is 8.80. The van der Waals surface area contributed by atoms with E-state index in [1.54, 1.807) is 6.20 Å². The Hall–Kier alpha value is -1.85. The summed E-state index contributed by atoms with van der Waals surface area (Å²) < 4.78 is 8.66. The van der Waals surface area contributed by atoms with Crippen molar-refractivity contribution in [2.75, 3.05) is 0 Å². The second-order valence-corrected chi connectivity index (χ2v) is 7.10. The SMILES string of the molecule is O=C(O[C@@H]1CCC[C@H]1n1cccn1)c1sc2ccccc2c1Cl. The van der Waals surface area contributed by atoms with E-state index in [9.17, 15) is 4.79 Å². The number of nitrogens with zero attached hydrogens (tertiary/aromatic N) is 2. The lowest BCUT2D eigenvalue weighted by atomic mass is 10.2. The number of aromatic nitrogens is 2. The number of rotatable bonds is 3. The molecular weight excluding hydrogens is 332 g/mol. The third-order valence-corrected chi connectivity index (χ3v) is 5.92. The molecule has 2 atom stereocenters. The molecule has 2 aromatic heterocycles. The molecule has 0 aliphatic heterocycles. The van der Waals surface area contributed by atoms with Gasteiger partial charge in [0.15, 0.2) is 0 Å². The van der Waals surface area contributed by atoms with Gasteiger partial charge in [-0.3, -0.25) is 4.68 Å². The fourth-order valence-corrected chi connectivity index (χ4v) is 4.55. The maximum absolute atomic E-state index is 12.6. The number of ether oxygens (including phenoxy) is 1. The Morgan fingerprint density at radius 2 is 2.17 bits per heavy atom. The van der Waals surface area contributed by atoms with Crippen molar-refractivity contribution in [3.63, 3.8) is 0 Å². The third kappa shape index (κ3) is 2.64. The Kier molecular flexibility index (Phi) is 3.83. The highest BCUT2D eigenvalue weighted by Gasteiger charge is 2.33. The Balaban J connectivity index is 1.58. The van der Waals surface area contributed by atoms with Gasteiger partial charge < -0.3 is 4.74 Å². The summed E-state index contributed by atoms with van der Waals surface area (Å²) >= 11 is 7.75. The van der Waals surface area contributed by atoms with Gasteiger partial charge >= 0.3 is 5.97 Å². The van der Waals surface area contributed by atoms with Crippen LogP contribution in [0.25, 0.3) is 10.1 Å². The smallest absolute Gasteiger partial charge is 0.350 e. The minimum atomic E-state index is -0.333. The second kappa shape index (κ2) is 5.98. The van der Waals surface area contributed by atoms with Crippen LogP contribution < -0.4 is 0 Å². The molecule has 4 nitrogen and oxygen atoms in total. The Morgan fingerprint density at radius 1 is 1.30 bits per heavy atom. The fourth-order valence-electron chi connectivity index (χ4n) is 3.16. The molecule has 0 spiro atoms. The van der Waals surface area contributed by atoms with Crippen molar-refractivity contribution >= 4 is 39.0 Å². The van der Waals surface area contributed by atoms with Gasteiger partial charge in [-0.05, 0) is 31.4 Å². The quantitative estimate of drug-likeness (QED) is 0.645. The van der Waals surface area contributed by atoms with Crippen LogP contribution in [0.5, 0.6) is 0 Å². The molecule has 3 aromatic rings. The molecule has 2 heterocycles. The van der Waals surface area contributed by atoms with E-state index in [1.165, 1.54) is 11.3 Å². The van der Waals surface area contributed by atoms with Gasteiger partial charge in [0.25, 0.3) is 0 Å². The van der Waals surface area contributed by atoms with Crippen molar-refractivity contribution in [2.24, 2.45) is 0 Å². The monoisotopic (exact) mass is 346 g/mol. The predicted octanol–water partition coefficient (Wildman–Crippen LogP) is 4.70. The number of fused-ring (bicyclic) bond motifs is 1. The van der Waals surface area contributed by atoms with Gasteiger partial charge in [0.2, 0.25) is 0 Å². The van der Waals surface area contributed by atoms with Crippen molar-refractivity contribution < 1.29 is 9.53 Å². The molecule has 23 heavy (non-hydrogen) atoms. The van der Waals surface area contributed by atoms with E-state index >= 15 is 0 Å². The number of hydrogen-bond acceptors (Lipinski definition) is 4. The van der Waals surface area contributed by atoms with Crippen LogP contribution in [0.4, 0.5) is 0 Å². The summed E-state index contributed by atoms with van der Waals surface area (Å²) in [5.41, 5.74) is 0. The molecule has 0 bridgehead atoms. The third-order valence-electron chi connectivity index (χ3n) is 4.26. The number of carbonyl (C=O) groups excluding carboxylic acids is 1. The van der Waals surface area contributed by atoms with Crippen LogP contribution in [0.2, 0.25) is 5.02 Å². The van der Waals surface area contributed by atoms with Crippen LogP contribution in [0.1, 0.15) is 35.0 Å². The highest BCUT2D eigenvalue weighted by Crippen LogP contribution is 2.37. The molecule has 4 rings (SSSR count). The highest BCUT2D eigenvalue weighted by atomic mass is 35.5. The maximum Gasteiger partial charge on any atom is 0.350 e. The summed E-state index contributed by atoms with van der Waals surface area (Å²) in [7, 11) is 0. The maximum atomic E-state index is 12.6. The zero-order valence-electron chi connectivity index (χ0n) is 12.3. The summed E-state index contributed by atoms with van der Waals surface area (Å²) in [4.78, 5) is 13.1. The molecule has 0 unspecified atom stereocenters. The van der Waals surface area contributed by atoms with Crippen LogP contribution in [-0.4, -0.2) is 21.9 Å². The van der Waals surface area contributed by atoms with E-state index in [4.69, 9.17) is 16.3 Å². The molecule has 118 valence electrons. The number of hydrogen-bond donors (Lipinski definition) is 0. The summed E-state index contributed by atoms with van der Waals surface area (Å²) in [5.74, 6) is -0.333. The largest absolute Gasteiger partial charge is 0.456 e. The molecule has 1 fully saturated rings. The molecule has 1 saturated carbocycles. The Bertz CT molecular complexity index is 844. The van der Waals surface area contributed by atoms with Crippen molar-refractivity contribution in [1.29, 1.82) is 0 Å². The van der Waals surface area contributed by atoms with Crippen LogP contribution >= 0.6 is 22.9 Å². The van der Waals surface area contributed by atoms with Gasteiger partial charge in [-0.1, -0.05) is 29.8 Å². The van der Waals surface area contributed by atoms with Crippen LogP contribution in [0.15, 0.2) is 42.7 Å². The lowest BCUT2D eigenvalue weighted by Gasteiger charge is -2.20. The molecule has 1 aliphatic rings. The summed E-state index contributed by atoms with van der Waals surface area (Å²) in [6.07, 6.45) is 6.38. The normalized spacial score (nSPS) is 20.9. The topological polar surface area (TPSA) is 44.1 Å². The van der Waals surface area contributed by atoms with E-state index in [-0.39, 0.29) is 18.1 Å². The van der Waals surface area contributed by atoms with Gasteiger partial charge in [-0.2, -0.15) is 5.10 Å². The van der Waals surface area contributed by atoms with E-state index in [2.05, 4.69) is 5.10 Å². The zero-order valence-corrected chi connectivity index (χ0v) is 13.9. The van der Waals surface area contributed by atoms with Crippen LogP contribution in [0, 0.1) is 0 Å². The average Bonchev–Trinajstić information content (AvgIpc) is 3.27. The minimum absolute atomic E-state index is 0.113. The molecule has 1 aromatic carbocycles. The van der Waals surface area contributed by atoms with Crippen molar-refractivity contribution in [2.45, 2.75) is 31.4 Å².